The molecule has 0 saturated heterocycles. The smallest absolute Gasteiger partial charge is 0.474 e. The Balaban J connectivity index is 2.25. The summed E-state index contributed by atoms with van der Waals surface area (Å²) in [5, 5.41) is 26.6. The van der Waals surface area contributed by atoms with Crippen LogP contribution in [0.15, 0.2) is 12.1 Å². The molecular weight excluding hydrogens is 195 g/mol. The van der Waals surface area contributed by atoms with Crippen molar-refractivity contribution in [1.29, 1.82) is 5.26 Å². The minimum Gasteiger partial charge on any atom is -0.474 e. The lowest BCUT2D eigenvalue weighted by Crippen LogP contribution is -2.33. The summed E-state index contributed by atoms with van der Waals surface area (Å²) in [6.07, 6.45) is 2.22. The maximum absolute atomic E-state index is 8.94. The molecule has 1 heterocycles. The number of hydrogen-bond acceptors (Lipinski definition) is 5. The van der Waals surface area contributed by atoms with Gasteiger partial charge >= 0.3 is 7.12 Å². The van der Waals surface area contributed by atoms with Gasteiger partial charge in [-0.15, -0.1) is 0 Å². The highest BCUT2D eigenvalue weighted by Crippen LogP contribution is 2.25. The second-order valence-electron chi connectivity index (χ2n) is 3.39. The Kier molecular flexibility index (Phi) is 2.58. The second-order valence-corrected chi connectivity index (χ2v) is 3.39. The summed E-state index contributed by atoms with van der Waals surface area (Å²) in [6, 6.07) is 4.77. The highest BCUT2D eigenvalue weighted by atomic mass is 16.5. The lowest BCUT2D eigenvalue weighted by molar-refractivity contribution is 0.291. The lowest BCUT2D eigenvalue weighted by Gasteiger charge is -2.05. The molecule has 1 fully saturated rings. The zero-order chi connectivity index (χ0) is 10.8. The van der Waals surface area contributed by atoms with Crippen molar-refractivity contribution in [2.75, 3.05) is 0 Å². The van der Waals surface area contributed by atoms with Crippen molar-refractivity contribution < 1.29 is 14.8 Å². The van der Waals surface area contributed by atoms with Crippen LogP contribution in [0.4, 0.5) is 0 Å². The predicted molar refractivity (Wildman–Crippen MR) is 52.4 cm³/mol. The van der Waals surface area contributed by atoms with E-state index in [1.54, 1.807) is 6.07 Å². The zero-order valence-electron chi connectivity index (χ0n) is 7.92. The van der Waals surface area contributed by atoms with E-state index >= 15 is 0 Å². The van der Waals surface area contributed by atoms with E-state index in [1.807, 2.05) is 0 Å². The molecule has 1 aliphatic rings. The maximum Gasteiger partial charge on any atom is 0.491 e. The molecular formula is C9H9BN2O3. The molecule has 76 valence electrons. The first-order valence-corrected chi connectivity index (χ1v) is 4.64. The summed E-state index contributed by atoms with van der Waals surface area (Å²) >= 11 is 0. The molecule has 5 nitrogen and oxygen atoms in total. The van der Waals surface area contributed by atoms with Crippen molar-refractivity contribution in [3.05, 3.63) is 17.8 Å². The minimum atomic E-state index is -1.68. The number of ether oxygens (including phenoxy) is 1. The molecule has 0 spiro atoms. The molecule has 1 aromatic rings. The van der Waals surface area contributed by atoms with Crippen molar-refractivity contribution in [2.24, 2.45) is 0 Å². The van der Waals surface area contributed by atoms with Gasteiger partial charge in [0.2, 0.25) is 5.88 Å². The van der Waals surface area contributed by atoms with Gasteiger partial charge in [-0.25, -0.2) is 4.98 Å². The first-order chi connectivity index (χ1) is 7.20. The Morgan fingerprint density at radius 1 is 1.47 bits per heavy atom. The third-order valence-corrected chi connectivity index (χ3v) is 2.10. The average molecular weight is 204 g/mol. The van der Waals surface area contributed by atoms with E-state index in [1.165, 1.54) is 12.1 Å². The topological polar surface area (TPSA) is 86.4 Å². The highest BCUT2D eigenvalue weighted by molar-refractivity contribution is 6.59. The van der Waals surface area contributed by atoms with E-state index in [4.69, 9.17) is 20.0 Å². The van der Waals surface area contributed by atoms with E-state index in [2.05, 4.69) is 4.98 Å². The fourth-order valence-electron chi connectivity index (χ4n) is 1.17. The predicted octanol–water partition coefficient (Wildman–Crippen LogP) is -0.826. The van der Waals surface area contributed by atoms with Crippen LogP contribution in [0.1, 0.15) is 18.5 Å². The van der Waals surface area contributed by atoms with Crippen LogP contribution in [0.25, 0.3) is 0 Å². The van der Waals surface area contributed by atoms with Crippen LogP contribution in [0.3, 0.4) is 0 Å². The second kappa shape index (κ2) is 3.89. The number of pyridine rings is 1. The largest absolute Gasteiger partial charge is 0.491 e. The fraction of sp³-hybridized carbons (Fsp3) is 0.333. The van der Waals surface area contributed by atoms with Crippen LogP contribution >= 0.6 is 0 Å². The molecule has 0 radical (unpaired) electrons. The molecule has 2 N–H and O–H groups in total. The number of hydrogen-bond donors (Lipinski definition) is 2. The summed E-state index contributed by atoms with van der Waals surface area (Å²) < 4.78 is 5.38. The minimum absolute atomic E-state index is 0.0110. The molecule has 0 aliphatic heterocycles. The molecule has 0 aromatic carbocycles. The van der Waals surface area contributed by atoms with Crippen LogP contribution in [-0.2, 0) is 0 Å². The molecule has 15 heavy (non-hydrogen) atoms. The Hall–Kier alpha value is -1.58. The molecule has 1 aromatic heterocycles. The number of nitrogens with zero attached hydrogens (tertiary/aromatic N) is 2. The monoisotopic (exact) mass is 204 g/mol. The molecule has 1 saturated carbocycles. The van der Waals surface area contributed by atoms with Gasteiger partial charge in [-0.05, 0) is 12.8 Å². The highest BCUT2D eigenvalue weighted by Gasteiger charge is 2.25. The van der Waals surface area contributed by atoms with E-state index in [0.29, 0.717) is 5.88 Å². The quantitative estimate of drug-likeness (QED) is 0.627. The normalized spacial score (nSPS) is 14.5. The summed E-state index contributed by atoms with van der Waals surface area (Å²) in [5.74, 6) is 0.360. The summed E-state index contributed by atoms with van der Waals surface area (Å²) in [5.41, 5.74) is 0.0868. The summed E-state index contributed by atoms with van der Waals surface area (Å²) in [7, 11) is -1.68. The lowest BCUT2D eigenvalue weighted by atomic mass is 9.79. The molecule has 2 rings (SSSR count). The SMILES string of the molecule is N#Cc1nc(OC2CC2)ccc1B(O)O. The van der Waals surface area contributed by atoms with Gasteiger partial charge in [-0.2, -0.15) is 5.26 Å². The van der Waals surface area contributed by atoms with Gasteiger partial charge in [0.15, 0.2) is 0 Å². The van der Waals surface area contributed by atoms with Crippen molar-refractivity contribution in [3.8, 4) is 11.9 Å². The number of aromatic nitrogens is 1. The zero-order valence-corrected chi connectivity index (χ0v) is 7.92. The molecule has 6 heteroatoms. The van der Waals surface area contributed by atoms with Gasteiger partial charge in [-0.3, -0.25) is 0 Å². The van der Waals surface area contributed by atoms with Crippen molar-refractivity contribution >= 4 is 12.6 Å². The standard InChI is InChI=1S/C9H9BN2O3/c11-5-8-7(10(13)14)3-4-9(12-8)15-6-1-2-6/h3-4,6,13-14H,1-2H2. The van der Waals surface area contributed by atoms with Crippen LogP contribution in [0.2, 0.25) is 0 Å². The van der Waals surface area contributed by atoms with Gasteiger partial charge in [0, 0.05) is 11.5 Å². The Morgan fingerprint density at radius 2 is 2.20 bits per heavy atom. The van der Waals surface area contributed by atoms with Gasteiger partial charge in [0.1, 0.15) is 17.9 Å². The molecule has 0 unspecified atom stereocenters. The van der Waals surface area contributed by atoms with Gasteiger partial charge < -0.3 is 14.8 Å². The van der Waals surface area contributed by atoms with Gasteiger partial charge in [0.25, 0.3) is 0 Å². The van der Waals surface area contributed by atoms with Crippen LogP contribution in [0.5, 0.6) is 5.88 Å². The Labute approximate surface area is 87.1 Å². The molecule has 0 amide bonds. The number of nitriles is 1. The fourth-order valence-corrected chi connectivity index (χ4v) is 1.17. The molecule has 0 atom stereocenters. The van der Waals surface area contributed by atoms with E-state index < -0.39 is 7.12 Å². The number of rotatable bonds is 3. The third kappa shape index (κ3) is 2.26. The molecule has 0 bridgehead atoms. The third-order valence-electron chi connectivity index (χ3n) is 2.10. The van der Waals surface area contributed by atoms with Gasteiger partial charge in [-0.1, -0.05) is 6.07 Å². The molecule has 1 aliphatic carbocycles. The first kappa shape index (κ1) is 9.96. The van der Waals surface area contributed by atoms with Crippen molar-refractivity contribution in [1.82, 2.24) is 4.98 Å². The maximum atomic E-state index is 8.94. The van der Waals surface area contributed by atoms with E-state index in [9.17, 15) is 0 Å². The average Bonchev–Trinajstić information content (AvgIpc) is 3.01. The Morgan fingerprint density at radius 3 is 2.73 bits per heavy atom. The summed E-state index contributed by atoms with van der Waals surface area (Å²) in [4.78, 5) is 3.89. The van der Waals surface area contributed by atoms with Crippen LogP contribution < -0.4 is 10.2 Å². The van der Waals surface area contributed by atoms with E-state index in [0.717, 1.165) is 12.8 Å². The first-order valence-electron chi connectivity index (χ1n) is 4.64. The van der Waals surface area contributed by atoms with Crippen LogP contribution in [0, 0.1) is 11.3 Å². The van der Waals surface area contributed by atoms with E-state index in [-0.39, 0.29) is 17.3 Å². The Bertz CT molecular complexity index is 412. The van der Waals surface area contributed by atoms with Crippen molar-refractivity contribution in [3.63, 3.8) is 0 Å². The van der Waals surface area contributed by atoms with Crippen LogP contribution in [-0.4, -0.2) is 28.3 Å². The summed E-state index contributed by atoms with van der Waals surface area (Å²) in [6.45, 7) is 0. The van der Waals surface area contributed by atoms with Crippen molar-refractivity contribution in [2.45, 2.75) is 18.9 Å². The van der Waals surface area contributed by atoms with Gasteiger partial charge in [0.05, 0.1) is 0 Å².